The van der Waals surface area contributed by atoms with E-state index in [4.69, 9.17) is 11.6 Å². The lowest BCUT2D eigenvalue weighted by atomic mass is 10.3. The number of halogens is 1. The van der Waals surface area contributed by atoms with Crippen LogP contribution in [0.1, 0.15) is 5.82 Å². The first-order valence-corrected chi connectivity index (χ1v) is 4.46. The van der Waals surface area contributed by atoms with Crippen molar-refractivity contribution < 1.29 is 0 Å². The Hall–Kier alpha value is -1.55. The minimum atomic E-state index is -0.246. The van der Waals surface area contributed by atoms with E-state index in [0.29, 0.717) is 10.8 Å². The minimum Gasteiger partial charge on any atom is -0.247 e. The lowest BCUT2D eigenvalue weighted by Gasteiger charge is -2.01. The van der Waals surface area contributed by atoms with E-state index in [2.05, 4.69) is 10.2 Å². The van der Waals surface area contributed by atoms with Gasteiger partial charge in [-0.15, -0.1) is 0 Å². The minimum absolute atomic E-state index is 0.246. The number of nitrogens with zero attached hydrogens (tertiary/aromatic N) is 2. The van der Waals surface area contributed by atoms with Crippen LogP contribution < -0.4 is 5.69 Å². The molecular formula is C9H8ClN3O. The molecule has 0 aliphatic heterocycles. The largest absolute Gasteiger partial charge is 0.347 e. The van der Waals surface area contributed by atoms with Crippen molar-refractivity contribution in [1.29, 1.82) is 0 Å². The van der Waals surface area contributed by atoms with E-state index in [9.17, 15) is 4.79 Å². The summed E-state index contributed by atoms with van der Waals surface area (Å²) in [5.41, 5.74) is 0.510. The zero-order valence-corrected chi connectivity index (χ0v) is 8.25. The fourth-order valence-corrected chi connectivity index (χ4v) is 1.40. The van der Waals surface area contributed by atoms with Gasteiger partial charge >= 0.3 is 5.69 Å². The van der Waals surface area contributed by atoms with Crippen molar-refractivity contribution in [3.05, 3.63) is 45.6 Å². The quantitative estimate of drug-likeness (QED) is 0.774. The van der Waals surface area contributed by atoms with E-state index in [1.807, 2.05) is 0 Å². The van der Waals surface area contributed by atoms with Crippen LogP contribution in [0.4, 0.5) is 0 Å². The first kappa shape index (κ1) is 9.02. The van der Waals surface area contributed by atoms with Gasteiger partial charge in [-0.1, -0.05) is 11.6 Å². The number of aryl methyl sites for hydroxylation is 1. The van der Waals surface area contributed by atoms with Gasteiger partial charge in [-0.05, 0) is 31.2 Å². The zero-order chi connectivity index (χ0) is 10.1. The van der Waals surface area contributed by atoms with E-state index < -0.39 is 0 Å². The van der Waals surface area contributed by atoms with Crippen molar-refractivity contribution in [2.45, 2.75) is 6.92 Å². The SMILES string of the molecule is Cc1n[nH]c(=O)n1-c1ccc(Cl)cc1. The third-order valence-electron chi connectivity index (χ3n) is 1.92. The predicted molar refractivity (Wildman–Crippen MR) is 53.9 cm³/mol. The summed E-state index contributed by atoms with van der Waals surface area (Å²) in [6.45, 7) is 1.76. The fourth-order valence-electron chi connectivity index (χ4n) is 1.27. The fraction of sp³-hybridized carbons (Fsp3) is 0.111. The maximum atomic E-state index is 11.3. The van der Waals surface area contributed by atoms with Gasteiger partial charge < -0.3 is 0 Å². The summed E-state index contributed by atoms with van der Waals surface area (Å²) in [4.78, 5) is 11.3. The molecule has 0 atom stereocenters. The molecule has 0 unspecified atom stereocenters. The summed E-state index contributed by atoms with van der Waals surface area (Å²) in [5.74, 6) is 0.623. The Morgan fingerprint density at radius 2 is 2.00 bits per heavy atom. The molecule has 2 rings (SSSR count). The predicted octanol–water partition coefficient (Wildman–Crippen LogP) is 1.52. The highest BCUT2D eigenvalue weighted by Gasteiger charge is 2.04. The molecule has 1 aromatic carbocycles. The lowest BCUT2D eigenvalue weighted by molar-refractivity contribution is 0.944. The number of hydrogen-bond donors (Lipinski definition) is 1. The monoisotopic (exact) mass is 209 g/mol. The summed E-state index contributed by atoms with van der Waals surface area (Å²) in [6.07, 6.45) is 0. The van der Waals surface area contributed by atoms with E-state index >= 15 is 0 Å². The maximum Gasteiger partial charge on any atom is 0.347 e. The molecule has 0 fully saturated rings. The van der Waals surface area contributed by atoms with Crippen LogP contribution >= 0.6 is 11.6 Å². The molecule has 14 heavy (non-hydrogen) atoms. The van der Waals surface area contributed by atoms with Gasteiger partial charge in [0.1, 0.15) is 5.82 Å². The second-order valence-electron chi connectivity index (χ2n) is 2.89. The average molecular weight is 210 g/mol. The second-order valence-corrected chi connectivity index (χ2v) is 3.32. The molecule has 4 nitrogen and oxygen atoms in total. The molecular weight excluding hydrogens is 202 g/mol. The van der Waals surface area contributed by atoms with E-state index in [1.165, 1.54) is 4.57 Å². The Morgan fingerprint density at radius 1 is 1.36 bits per heavy atom. The Morgan fingerprint density at radius 3 is 2.50 bits per heavy atom. The van der Waals surface area contributed by atoms with Gasteiger partial charge in [-0.3, -0.25) is 0 Å². The van der Waals surface area contributed by atoms with Crippen LogP contribution in [0.2, 0.25) is 5.02 Å². The van der Waals surface area contributed by atoms with Gasteiger partial charge in [-0.25, -0.2) is 14.5 Å². The zero-order valence-electron chi connectivity index (χ0n) is 7.49. The number of H-pyrrole nitrogens is 1. The number of aromatic nitrogens is 3. The Bertz CT molecular complexity index is 498. The van der Waals surface area contributed by atoms with E-state index in [0.717, 1.165) is 5.69 Å². The van der Waals surface area contributed by atoms with Crippen LogP contribution in [0, 0.1) is 6.92 Å². The van der Waals surface area contributed by atoms with Crippen molar-refractivity contribution >= 4 is 11.6 Å². The third kappa shape index (κ3) is 1.44. The number of benzene rings is 1. The highest BCUT2D eigenvalue weighted by Crippen LogP contribution is 2.12. The molecule has 0 saturated carbocycles. The van der Waals surface area contributed by atoms with Gasteiger partial charge in [0.25, 0.3) is 0 Å². The van der Waals surface area contributed by atoms with Crippen molar-refractivity contribution in [2.75, 3.05) is 0 Å². The number of hydrogen-bond acceptors (Lipinski definition) is 2. The third-order valence-corrected chi connectivity index (χ3v) is 2.18. The van der Waals surface area contributed by atoms with E-state index in [1.54, 1.807) is 31.2 Å². The van der Waals surface area contributed by atoms with E-state index in [-0.39, 0.29) is 5.69 Å². The van der Waals surface area contributed by atoms with Crippen molar-refractivity contribution in [3.63, 3.8) is 0 Å². The van der Waals surface area contributed by atoms with Gasteiger partial charge in [0.15, 0.2) is 0 Å². The van der Waals surface area contributed by atoms with Crippen LogP contribution in [-0.4, -0.2) is 14.8 Å². The van der Waals surface area contributed by atoms with Crippen molar-refractivity contribution in [3.8, 4) is 5.69 Å². The van der Waals surface area contributed by atoms with Gasteiger partial charge in [0.2, 0.25) is 0 Å². The van der Waals surface area contributed by atoms with Crippen LogP contribution in [0.15, 0.2) is 29.1 Å². The summed E-state index contributed by atoms with van der Waals surface area (Å²) in [7, 11) is 0. The number of rotatable bonds is 1. The molecule has 1 N–H and O–H groups in total. The van der Waals surface area contributed by atoms with Gasteiger partial charge in [0, 0.05) is 5.02 Å². The Kier molecular flexibility index (Phi) is 2.13. The number of nitrogens with one attached hydrogen (secondary N) is 1. The average Bonchev–Trinajstić information content (AvgIpc) is 2.49. The maximum absolute atomic E-state index is 11.3. The summed E-state index contributed by atoms with van der Waals surface area (Å²) < 4.78 is 1.48. The van der Waals surface area contributed by atoms with Crippen molar-refractivity contribution in [1.82, 2.24) is 14.8 Å². The molecule has 0 spiro atoms. The molecule has 0 aliphatic rings. The number of aromatic amines is 1. The van der Waals surface area contributed by atoms with Crippen LogP contribution in [0.25, 0.3) is 5.69 Å². The first-order valence-electron chi connectivity index (χ1n) is 4.08. The Balaban J connectivity index is 2.60. The standard InChI is InChI=1S/C9H8ClN3O/c1-6-11-12-9(14)13(6)8-4-2-7(10)3-5-8/h2-5H,1H3,(H,12,14). The molecule has 0 amide bonds. The van der Waals surface area contributed by atoms with Gasteiger partial charge in [0.05, 0.1) is 5.69 Å². The topological polar surface area (TPSA) is 50.7 Å². The Labute approximate surface area is 85.1 Å². The second kappa shape index (κ2) is 3.31. The highest BCUT2D eigenvalue weighted by atomic mass is 35.5. The van der Waals surface area contributed by atoms with Crippen LogP contribution in [-0.2, 0) is 0 Å². The molecule has 5 heteroatoms. The molecule has 1 aromatic heterocycles. The molecule has 0 bridgehead atoms. The molecule has 72 valence electrons. The smallest absolute Gasteiger partial charge is 0.247 e. The summed E-state index contributed by atoms with van der Waals surface area (Å²) in [6, 6.07) is 7.00. The first-order chi connectivity index (χ1) is 6.68. The van der Waals surface area contributed by atoms with Crippen LogP contribution in [0.3, 0.4) is 0 Å². The van der Waals surface area contributed by atoms with Gasteiger partial charge in [-0.2, -0.15) is 5.10 Å². The molecule has 0 aliphatic carbocycles. The highest BCUT2D eigenvalue weighted by molar-refractivity contribution is 6.30. The molecule has 0 radical (unpaired) electrons. The summed E-state index contributed by atoms with van der Waals surface area (Å²) in [5, 5.41) is 6.82. The molecule has 2 aromatic rings. The molecule has 0 saturated heterocycles. The molecule has 1 heterocycles. The normalized spacial score (nSPS) is 10.4. The summed E-state index contributed by atoms with van der Waals surface area (Å²) >= 11 is 5.74. The van der Waals surface area contributed by atoms with Crippen LogP contribution in [0.5, 0.6) is 0 Å². The lowest BCUT2D eigenvalue weighted by Crippen LogP contribution is -2.15. The van der Waals surface area contributed by atoms with Crippen molar-refractivity contribution in [2.24, 2.45) is 0 Å².